The van der Waals surface area contributed by atoms with Crippen molar-refractivity contribution in [2.24, 2.45) is 0 Å². The Hall–Kier alpha value is -3.79. The summed E-state index contributed by atoms with van der Waals surface area (Å²) in [5.74, 6) is 0.891. The van der Waals surface area contributed by atoms with Crippen LogP contribution < -0.4 is 10.2 Å². The number of hydroxylamine groups is 2. The minimum Gasteiger partial charge on any atom is -0.368 e. The third-order valence-electron chi connectivity index (χ3n) is 6.13. The highest BCUT2D eigenvalue weighted by Gasteiger charge is 2.25. The fourth-order valence-electron chi connectivity index (χ4n) is 4.37. The summed E-state index contributed by atoms with van der Waals surface area (Å²) < 4.78 is 16.1. The van der Waals surface area contributed by atoms with Crippen LogP contribution in [0.25, 0.3) is 16.4 Å². The van der Waals surface area contributed by atoms with Gasteiger partial charge in [0.15, 0.2) is 5.82 Å². The van der Waals surface area contributed by atoms with Gasteiger partial charge in [-0.1, -0.05) is 0 Å². The molecule has 1 atom stereocenters. The zero-order chi connectivity index (χ0) is 23.8. The average Bonchev–Trinajstić information content (AvgIpc) is 3.31. The van der Waals surface area contributed by atoms with Crippen LogP contribution in [0.1, 0.15) is 31.0 Å². The van der Waals surface area contributed by atoms with Crippen molar-refractivity contribution < 1.29 is 14.0 Å². The maximum atomic E-state index is 14.3. The molecule has 1 saturated heterocycles. The Morgan fingerprint density at radius 3 is 2.76 bits per heavy atom. The number of hydrogen-bond donors (Lipinski definition) is 1. The zero-order valence-electron chi connectivity index (χ0n) is 19.3. The van der Waals surface area contributed by atoms with Crippen LogP contribution in [-0.4, -0.2) is 56.8 Å². The van der Waals surface area contributed by atoms with Gasteiger partial charge < -0.3 is 15.1 Å². The maximum Gasteiger partial charge on any atom is 0.322 e. The summed E-state index contributed by atoms with van der Waals surface area (Å²) in [7, 11) is 0. The Bertz CT molecular complexity index is 1360. The molecule has 1 aliphatic rings. The number of nitrogens with one attached hydrogen (secondary N) is 1. The van der Waals surface area contributed by atoms with Gasteiger partial charge in [-0.25, -0.2) is 18.9 Å². The van der Waals surface area contributed by atoms with Crippen LogP contribution in [0.4, 0.5) is 16.0 Å². The third kappa shape index (κ3) is 4.12. The molecule has 0 aliphatic carbocycles. The van der Waals surface area contributed by atoms with Gasteiger partial charge in [0.1, 0.15) is 23.5 Å². The highest BCUT2D eigenvalue weighted by Crippen LogP contribution is 2.33. The number of carbonyl (C=O) groups is 1. The van der Waals surface area contributed by atoms with Gasteiger partial charge in [-0.2, -0.15) is 5.10 Å². The molecular weight excluding hydrogens is 437 g/mol. The monoisotopic (exact) mass is 463 g/mol. The predicted molar refractivity (Wildman–Crippen MR) is 127 cm³/mol. The molecule has 34 heavy (non-hydrogen) atoms. The molecule has 1 aromatic carbocycles. The minimum atomic E-state index is -0.330. The van der Waals surface area contributed by atoms with Crippen molar-refractivity contribution in [3.05, 3.63) is 59.8 Å². The average molecular weight is 464 g/mol. The third-order valence-corrected chi connectivity index (χ3v) is 6.13. The number of hydrogen-bond acceptors (Lipinski definition) is 8. The van der Waals surface area contributed by atoms with Crippen LogP contribution in [0, 0.1) is 12.7 Å². The normalized spacial score (nSPS) is 15.6. The van der Waals surface area contributed by atoms with Gasteiger partial charge in [0.05, 0.1) is 24.6 Å². The van der Waals surface area contributed by atoms with Crippen LogP contribution in [0.15, 0.2) is 42.9 Å². The van der Waals surface area contributed by atoms with Crippen molar-refractivity contribution in [3.8, 4) is 0 Å². The van der Waals surface area contributed by atoms with Crippen molar-refractivity contribution >= 4 is 34.0 Å². The van der Waals surface area contributed by atoms with Gasteiger partial charge >= 0.3 is 5.97 Å². The number of aromatic nitrogens is 4. The highest BCUT2D eigenvalue weighted by molar-refractivity contribution is 5.85. The molecule has 0 bridgehead atoms. The predicted octanol–water partition coefficient (Wildman–Crippen LogP) is 3.50. The van der Waals surface area contributed by atoms with E-state index in [0.717, 1.165) is 22.3 Å². The van der Waals surface area contributed by atoms with Crippen LogP contribution in [0.5, 0.6) is 0 Å². The Morgan fingerprint density at radius 1 is 1.21 bits per heavy atom. The number of fused-ring (bicyclic) bond motifs is 2. The number of anilines is 2. The Kier molecular flexibility index (Phi) is 5.74. The number of aryl methyl sites for hydroxylation is 1. The number of nitrogens with zero attached hydrogens (tertiary/aromatic N) is 6. The van der Waals surface area contributed by atoms with Gasteiger partial charge in [-0.15, -0.1) is 5.06 Å². The summed E-state index contributed by atoms with van der Waals surface area (Å²) in [6, 6.07) is 9.04. The molecule has 1 aliphatic heterocycles. The number of rotatable bonds is 5. The molecule has 3 aromatic heterocycles. The number of halogens is 1. The second-order valence-electron chi connectivity index (χ2n) is 8.46. The first-order valence-corrected chi connectivity index (χ1v) is 11.2. The lowest BCUT2D eigenvalue weighted by atomic mass is 10.0. The molecule has 1 fully saturated rings. The summed E-state index contributed by atoms with van der Waals surface area (Å²) >= 11 is 0. The highest BCUT2D eigenvalue weighted by atomic mass is 19.1. The molecule has 0 radical (unpaired) electrons. The molecular formula is C24H26FN7O2. The second-order valence-corrected chi connectivity index (χ2v) is 8.46. The van der Waals surface area contributed by atoms with Gasteiger partial charge in [0.25, 0.3) is 0 Å². The van der Waals surface area contributed by atoms with Gasteiger partial charge in [0, 0.05) is 42.7 Å². The van der Waals surface area contributed by atoms with E-state index in [4.69, 9.17) is 9.82 Å². The smallest absolute Gasteiger partial charge is 0.322 e. The molecule has 4 aromatic rings. The molecule has 4 heterocycles. The molecule has 0 amide bonds. The van der Waals surface area contributed by atoms with Crippen LogP contribution in [-0.2, 0) is 9.63 Å². The molecule has 0 unspecified atom stereocenters. The van der Waals surface area contributed by atoms with Gasteiger partial charge in [-0.05, 0) is 44.2 Å². The molecule has 10 heteroatoms. The van der Waals surface area contributed by atoms with E-state index in [0.29, 0.717) is 43.1 Å². The lowest BCUT2D eigenvalue weighted by molar-refractivity contribution is -0.188. The topological polar surface area (TPSA) is 87.9 Å². The molecule has 9 nitrogen and oxygen atoms in total. The van der Waals surface area contributed by atoms with E-state index in [1.807, 2.05) is 18.3 Å². The van der Waals surface area contributed by atoms with E-state index in [1.54, 1.807) is 22.6 Å². The first-order valence-electron chi connectivity index (χ1n) is 11.2. The standard InChI is InChI=1S/C24H26FN7O2/c1-15-20(25)7-6-18-13-19(16(2)28-23-21-5-4-8-32(21)27-14-26-23)24(29-22(15)18)30-9-11-31(12-10-30)34-17(3)33/h4-8,13-14,16H,9-12H2,1-3H3,(H,26,27,28)/t16-/m0/s1. The van der Waals surface area contributed by atoms with Crippen molar-refractivity contribution in [2.45, 2.75) is 26.8 Å². The Morgan fingerprint density at radius 2 is 2.00 bits per heavy atom. The zero-order valence-corrected chi connectivity index (χ0v) is 19.3. The molecule has 5 rings (SSSR count). The summed E-state index contributed by atoms with van der Waals surface area (Å²) in [6.45, 7) is 7.55. The van der Waals surface area contributed by atoms with Crippen LogP contribution in [0.2, 0.25) is 0 Å². The fraction of sp³-hybridized carbons (Fsp3) is 0.333. The summed E-state index contributed by atoms with van der Waals surface area (Å²) in [5.41, 5.74) is 3.01. The maximum absolute atomic E-state index is 14.3. The van der Waals surface area contributed by atoms with Crippen LogP contribution in [0.3, 0.4) is 0 Å². The first kappa shape index (κ1) is 22.0. The Balaban J connectivity index is 1.52. The summed E-state index contributed by atoms with van der Waals surface area (Å²) in [5, 5.41) is 10.3. The lowest BCUT2D eigenvalue weighted by Gasteiger charge is -2.35. The SMILES string of the molecule is CC(=O)ON1CCN(c2nc3c(C)c(F)ccc3cc2[C@H](C)Nc2ncnn3cccc23)CC1. The van der Waals surface area contributed by atoms with Gasteiger partial charge in [0.2, 0.25) is 0 Å². The fourth-order valence-corrected chi connectivity index (χ4v) is 4.37. The van der Waals surface area contributed by atoms with Crippen molar-refractivity contribution in [2.75, 3.05) is 36.4 Å². The minimum absolute atomic E-state index is 0.141. The Labute approximate surface area is 196 Å². The molecule has 176 valence electrons. The van der Waals surface area contributed by atoms with E-state index < -0.39 is 0 Å². The molecule has 0 spiro atoms. The summed E-state index contributed by atoms with van der Waals surface area (Å²) in [6.07, 6.45) is 3.39. The van der Waals surface area contributed by atoms with E-state index in [-0.39, 0.29) is 17.8 Å². The largest absolute Gasteiger partial charge is 0.368 e. The van der Waals surface area contributed by atoms with Gasteiger partial charge in [-0.3, -0.25) is 4.79 Å². The number of benzene rings is 1. The molecule has 0 saturated carbocycles. The van der Waals surface area contributed by atoms with Crippen molar-refractivity contribution in [1.29, 1.82) is 0 Å². The number of pyridine rings is 1. The van der Waals surface area contributed by atoms with Crippen molar-refractivity contribution in [3.63, 3.8) is 0 Å². The quantitative estimate of drug-likeness (QED) is 0.481. The van der Waals surface area contributed by atoms with E-state index in [2.05, 4.69) is 33.3 Å². The second kappa shape index (κ2) is 8.86. The van der Waals surface area contributed by atoms with E-state index in [9.17, 15) is 9.18 Å². The molecule has 1 N–H and O–H groups in total. The summed E-state index contributed by atoms with van der Waals surface area (Å²) in [4.78, 5) is 28.1. The van der Waals surface area contributed by atoms with Crippen LogP contribution >= 0.6 is 0 Å². The lowest BCUT2D eigenvalue weighted by Crippen LogP contribution is -2.47. The van der Waals surface area contributed by atoms with Crippen molar-refractivity contribution in [1.82, 2.24) is 24.6 Å². The number of piperazine rings is 1. The van der Waals surface area contributed by atoms with E-state index >= 15 is 0 Å². The first-order chi connectivity index (χ1) is 16.4. The number of carbonyl (C=O) groups excluding carboxylic acids is 1. The van der Waals surface area contributed by atoms with E-state index in [1.165, 1.54) is 19.3 Å².